The standard InChI is InChI=1S/C21H30F2N2O2/c1-16(2)25-12-8-19(9-13-25)27-18-6-4-17(5-7-18)20(26)14-24-11-3-10-21(22,23)15-24/h4-7,16,19H,3,8-15H2,1-2H3. The molecule has 2 aliphatic heterocycles. The number of nitrogens with zero attached hydrogens (tertiary/aromatic N) is 2. The third-order valence-corrected chi connectivity index (χ3v) is 5.52. The number of ether oxygens (including phenoxy) is 1. The number of hydrogen-bond donors (Lipinski definition) is 0. The van der Waals surface area contributed by atoms with Gasteiger partial charge in [-0.25, -0.2) is 8.78 Å². The summed E-state index contributed by atoms with van der Waals surface area (Å²) >= 11 is 0. The Morgan fingerprint density at radius 1 is 1.19 bits per heavy atom. The number of carbonyl (C=O) groups excluding carboxylic acids is 1. The molecule has 6 heteroatoms. The van der Waals surface area contributed by atoms with Crippen LogP contribution in [-0.4, -0.2) is 66.4 Å². The van der Waals surface area contributed by atoms with Crippen molar-refractivity contribution in [2.24, 2.45) is 0 Å². The van der Waals surface area contributed by atoms with Crippen LogP contribution < -0.4 is 4.74 Å². The molecule has 0 aliphatic carbocycles. The van der Waals surface area contributed by atoms with Gasteiger partial charge in [-0.3, -0.25) is 9.69 Å². The topological polar surface area (TPSA) is 32.8 Å². The lowest BCUT2D eigenvalue weighted by Crippen LogP contribution is -2.44. The lowest BCUT2D eigenvalue weighted by molar-refractivity contribution is -0.0614. The summed E-state index contributed by atoms with van der Waals surface area (Å²) in [6.07, 6.45) is 2.56. The fraction of sp³-hybridized carbons (Fsp3) is 0.667. The maximum absolute atomic E-state index is 13.5. The molecule has 3 rings (SSSR count). The van der Waals surface area contributed by atoms with E-state index in [-0.39, 0.29) is 31.4 Å². The highest BCUT2D eigenvalue weighted by Gasteiger charge is 2.35. The van der Waals surface area contributed by atoms with Gasteiger partial charge >= 0.3 is 0 Å². The smallest absolute Gasteiger partial charge is 0.260 e. The van der Waals surface area contributed by atoms with Gasteiger partial charge in [0.15, 0.2) is 5.78 Å². The van der Waals surface area contributed by atoms with Crippen LogP contribution in [0.15, 0.2) is 24.3 Å². The maximum Gasteiger partial charge on any atom is 0.260 e. The van der Waals surface area contributed by atoms with E-state index in [2.05, 4.69) is 18.7 Å². The van der Waals surface area contributed by atoms with Crippen molar-refractivity contribution >= 4 is 5.78 Å². The Hall–Kier alpha value is -1.53. The molecule has 0 spiro atoms. The first-order valence-corrected chi connectivity index (χ1v) is 9.96. The molecule has 1 aromatic carbocycles. The van der Waals surface area contributed by atoms with Gasteiger partial charge in [0.05, 0.1) is 13.1 Å². The lowest BCUT2D eigenvalue weighted by Gasteiger charge is -2.34. The van der Waals surface area contributed by atoms with Crippen molar-refractivity contribution in [1.29, 1.82) is 0 Å². The predicted octanol–water partition coefficient (Wildman–Crippen LogP) is 3.85. The summed E-state index contributed by atoms with van der Waals surface area (Å²) in [5.41, 5.74) is 0.547. The summed E-state index contributed by atoms with van der Waals surface area (Å²) in [6.45, 7) is 6.78. The van der Waals surface area contributed by atoms with Crippen LogP contribution in [-0.2, 0) is 0 Å². The Labute approximate surface area is 160 Å². The zero-order valence-corrected chi connectivity index (χ0v) is 16.3. The molecule has 27 heavy (non-hydrogen) atoms. The van der Waals surface area contributed by atoms with Crippen LogP contribution in [0.3, 0.4) is 0 Å². The molecule has 0 N–H and O–H groups in total. The number of piperidine rings is 2. The van der Waals surface area contributed by atoms with E-state index < -0.39 is 5.92 Å². The van der Waals surface area contributed by atoms with E-state index in [1.54, 1.807) is 17.0 Å². The average molecular weight is 380 g/mol. The van der Waals surface area contributed by atoms with E-state index >= 15 is 0 Å². The van der Waals surface area contributed by atoms with Crippen molar-refractivity contribution in [1.82, 2.24) is 9.80 Å². The Kier molecular flexibility index (Phi) is 6.48. The minimum atomic E-state index is -2.68. The number of rotatable bonds is 6. The summed E-state index contributed by atoms with van der Waals surface area (Å²) in [5.74, 6) is -2.04. The molecule has 2 aliphatic rings. The van der Waals surface area contributed by atoms with Crippen LogP contribution in [0.5, 0.6) is 5.75 Å². The molecule has 2 saturated heterocycles. The van der Waals surface area contributed by atoms with Gasteiger partial charge in [0.2, 0.25) is 0 Å². The SMILES string of the molecule is CC(C)N1CCC(Oc2ccc(C(=O)CN3CCCC(F)(F)C3)cc2)CC1. The van der Waals surface area contributed by atoms with E-state index in [4.69, 9.17) is 4.74 Å². The summed E-state index contributed by atoms with van der Waals surface area (Å²) in [7, 11) is 0. The van der Waals surface area contributed by atoms with E-state index in [0.29, 0.717) is 24.6 Å². The van der Waals surface area contributed by atoms with Gasteiger partial charge < -0.3 is 9.64 Å². The van der Waals surface area contributed by atoms with Crippen LogP contribution in [0.4, 0.5) is 8.78 Å². The minimum absolute atomic E-state index is 0.0451. The quantitative estimate of drug-likeness (QED) is 0.702. The number of ketones is 1. The molecule has 2 heterocycles. The van der Waals surface area contributed by atoms with E-state index in [1.165, 1.54) is 0 Å². The highest BCUT2D eigenvalue weighted by molar-refractivity contribution is 5.97. The number of alkyl halides is 2. The van der Waals surface area contributed by atoms with Gasteiger partial charge in [-0.1, -0.05) is 0 Å². The molecule has 4 nitrogen and oxygen atoms in total. The third kappa shape index (κ3) is 5.72. The normalized spacial score (nSPS) is 22.1. The summed E-state index contributed by atoms with van der Waals surface area (Å²) < 4.78 is 33.0. The molecule has 0 unspecified atom stereocenters. The number of carbonyl (C=O) groups is 1. The second-order valence-corrected chi connectivity index (χ2v) is 8.06. The van der Waals surface area contributed by atoms with Gasteiger partial charge in [0.1, 0.15) is 11.9 Å². The van der Waals surface area contributed by atoms with E-state index in [1.807, 2.05) is 12.1 Å². The van der Waals surface area contributed by atoms with E-state index in [0.717, 1.165) is 31.7 Å². The predicted molar refractivity (Wildman–Crippen MR) is 102 cm³/mol. The molecule has 2 fully saturated rings. The second kappa shape index (κ2) is 8.65. The van der Waals surface area contributed by atoms with Crippen LogP contribution in [0.2, 0.25) is 0 Å². The number of Topliss-reactive ketones (excluding diaryl/α,β-unsaturated/α-hetero) is 1. The van der Waals surface area contributed by atoms with Crippen molar-refractivity contribution < 1.29 is 18.3 Å². The number of likely N-dealkylation sites (tertiary alicyclic amines) is 2. The Balaban J connectivity index is 1.49. The van der Waals surface area contributed by atoms with Gasteiger partial charge in [-0.2, -0.15) is 0 Å². The molecular weight excluding hydrogens is 350 g/mol. The first kappa shape index (κ1) is 20.2. The Morgan fingerprint density at radius 2 is 1.85 bits per heavy atom. The largest absolute Gasteiger partial charge is 0.490 e. The summed E-state index contributed by atoms with van der Waals surface area (Å²) in [4.78, 5) is 16.4. The lowest BCUT2D eigenvalue weighted by atomic mass is 10.0. The van der Waals surface area contributed by atoms with Crippen molar-refractivity contribution in [3.8, 4) is 5.75 Å². The third-order valence-electron chi connectivity index (χ3n) is 5.52. The molecule has 0 atom stereocenters. The Bertz CT molecular complexity index is 626. The zero-order valence-electron chi connectivity index (χ0n) is 16.3. The molecule has 150 valence electrons. The van der Waals surface area contributed by atoms with Crippen molar-refractivity contribution in [3.05, 3.63) is 29.8 Å². The molecule has 0 bridgehead atoms. The average Bonchev–Trinajstić information content (AvgIpc) is 2.62. The highest BCUT2D eigenvalue weighted by atomic mass is 19.3. The van der Waals surface area contributed by atoms with Gasteiger partial charge in [0, 0.05) is 31.1 Å². The number of halogens is 2. The van der Waals surface area contributed by atoms with Crippen molar-refractivity contribution in [3.63, 3.8) is 0 Å². The fourth-order valence-electron chi connectivity index (χ4n) is 3.90. The van der Waals surface area contributed by atoms with Gasteiger partial charge in [-0.05, 0) is 63.9 Å². The van der Waals surface area contributed by atoms with Crippen LogP contribution >= 0.6 is 0 Å². The molecule has 0 saturated carbocycles. The highest BCUT2D eigenvalue weighted by Crippen LogP contribution is 2.26. The molecule has 1 aromatic rings. The Morgan fingerprint density at radius 3 is 2.44 bits per heavy atom. The van der Waals surface area contributed by atoms with Crippen LogP contribution in [0, 0.1) is 0 Å². The van der Waals surface area contributed by atoms with Crippen LogP contribution in [0.25, 0.3) is 0 Å². The summed E-state index contributed by atoms with van der Waals surface area (Å²) in [6, 6.07) is 7.67. The maximum atomic E-state index is 13.5. The summed E-state index contributed by atoms with van der Waals surface area (Å²) in [5, 5.41) is 0. The fourth-order valence-corrected chi connectivity index (χ4v) is 3.90. The van der Waals surface area contributed by atoms with E-state index in [9.17, 15) is 13.6 Å². The minimum Gasteiger partial charge on any atom is -0.490 e. The second-order valence-electron chi connectivity index (χ2n) is 8.06. The van der Waals surface area contributed by atoms with Crippen molar-refractivity contribution in [2.45, 2.75) is 57.6 Å². The van der Waals surface area contributed by atoms with Gasteiger partial charge in [-0.15, -0.1) is 0 Å². The molecule has 0 amide bonds. The molecular formula is C21H30F2N2O2. The number of benzene rings is 1. The monoisotopic (exact) mass is 380 g/mol. The van der Waals surface area contributed by atoms with Gasteiger partial charge in [0.25, 0.3) is 5.92 Å². The first-order valence-electron chi connectivity index (χ1n) is 9.96. The first-order chi connectivity index (χ1) is 12.8. The zero-order chi connectivity index (χ0) is 19.4. The molecule has 0 aromatic heterocycles. The van der Waals surface area contributed by atoms with Crippen molar-refractivity contribution in [2.75, 3.05) is 32.7 Å². The number of hydrogen-bond acceptors (Lipinski definition) is 4. The molecule has 0 radical (unpaired) electrons. The van der Waals surface area contributed by atoms with Crippen LogP contribution in [0.1, 0.15) is 49.9 Å².